The van der Waals surface area contributed by atoms with Crippen LogP contribution in [0.4, 0.5) is 8.78 Å². The van der Waals surface area contributed by atoms with Gasteiger partial charge in [-0.15, -0.1) is 0 Å². The number of nitrogens with zero attached hydrogens (tertiary/aromatic N) is 4. The third-order valence-corrected chi connectivity index (χ3v) is 7.08. The molecular weight excluding hydrogens is 434 g/mol. The lowest BCUT2D eigenvalue weighted by Gasteiger charge is -2.09. The molecule has 0 amide bonds. The molecule has 1 atom stereocenters. The normalized spacial score (nSPS) is 13.0. The first kappa shape index (κ1) is 20.4. The highest BCUT2D eigenvalue weighted by Gasteiger charge is 2.26. The Morgan fingerprint density at radius 3 is 2.57 bits per heavy atom. The van der Waals surface area contributed by atoms with Gasteiger partial charge in [0.05, 0.1) is 17.3 Å². The van der Waals surface area contributed by atoms with Crippen LogP contribution in [0.5, 0.6) is 0 Å². The van der Waals surface area contributed by atoms with Gasteiger partial charge < -0.3 is 4.55 Å². The zero-order valence-corrected chi connectivity index (χ0v) is 17.3. The fourth-order valence-electron chi connectivity index (χ4n) is 3.05. The minimum absolute atomic E-state index is 0.0400. The molecule has 1 unspecified atom stereocenters. The number of aromatic nitrogens is 4. The quantitative estimate of drug-likeness (QED) is 0.351. The van der Waals surface area contributed by atoms with E-state index in [1.165, 1.54) is 18.5 Å². The lowest BCUT2D eigenvalue weighted by Crippen LogP contribution is -2.13. The van der Waals surface area contributed by atoms with Gasteiger partial charge in [-0.25, -0.2) is 26.7 Å². The first-order chi connectivity index (χ1) is 14.2. The molecule has 30 heavy (non-hydrogen) atoms. The molecule has 0 saturated carbocycles. The molecule has 0 bridgehead atoms. The summed E-state index contributed by atoms with van der Waals surface area (Å²) in [6.45, 7) is 1.65. The Morgan fingerprint density at radius 1 is 1.13 bits per heavy atom. The molecule has 0 radical (unpaired) electrons. The van der Waals surface area contributed by atoms with Gasteiger partial charge in [0.1, 0.15) is 12.1 Å². The number of benzene rings is 1. The summed E-state index contributed by atoms with van der Waals surface area (Å²) in [6, 6.07) is 7.49. The minimum atomic E-state index is -4.09. The van der Waals surface area contributed by atoms with Gasteiger partial charge in [0, 0.05) is 28.3 Å². The van der Waals surface area contributed by atoms with Crippen LogP contribution >= 0.6 is 0 Å². The SMILES string of the molecule is Cc1ccccc1S(=O)(=O)n1cc(-c2ncc(F)c([S+](C)[O-])n2)c2cc(F)cnc21. The van der Waals surface area contributed by atoms with Crippen LogP contribution in [0.1, 0.15) is 5.56 Å². The van der Waals surface area contributed by atoms with Crippen LogP contribution in [0, 0.1) is 18.6 Å². The Morgan fingerprint density at radius 2 is 1.87 bits per heavy atom. The second-order valence-corrected chi connectivity index (χ2v) is 9.51. The Balaban J connectivity index is 2.02. The van der Waals surface area contributed by atoms with Crippen molar-refractivity contribution in [1.82, 2.24) is 18.9 Å². The number of rotatable bonds is 4. The number of fused-ring (bicyclic) bond motifs is 1. The Kier molecular flexibility index (Phi) is 5.04. The highest BCUT2D eigenvalue weighted by Crippen LogP contribution is 2.32. The summed E-state index contributed by atoms with van der Waals surface area (Å²) in [7, 11) is -4.09. The molecule has 0 aliphatic heterocycles. The molecule has 0 aliphatic rings. The van der Waals surface area contributed by atoms with E-state index < -0.39 is 32.8 Å². The minimum Gasteiger partial charge on any atom is -0.610 e. The molecule has 4 aromatic rings. The van der Waals surface area contributed by atoms with Crippen LogP contribution in [0.25, 0.3) is 22.4 Å². The van der Waals surface area contributed by atoms with Gasteiger partial charge in [-0.2, -0.15) is 9.37 Å². The lowest BCUT2D eigenvalue weighted by molar-refractivity contribution is 0.551. The standard InChI is InChI=1S/C19H14F2N4O3S2/c1-11-5-3-4-6-16(11)30(27,28)25-10-14(13-7-12(20)8-23-18(13)25)17-22-9-15(21)19(24-17)29(2)26/h3-10H,1-2H3. The number of hydrogen-bond donors (Lipinski definition) is 0. The van der Waals surface area contributed by atoms with Gasteiger partial charge in [0.25, 0.3) is 15.0 Å². The van der Waals surface area contributed by atoms with Crippen LogP contribution in [0.2, 0.25) is 0 Å². The van der Waals surface area contributed by atoms with E-state index in [2.05, 4.69) is 15.0 Å². The molecule has 0 N–H and O–H groups in total. The van der Waals surface area contributed by atoms with Gasteiger partial charge in [0.15, 0.2) is 11.5 Å². The van der Waals surface area contributed by atoms with Gasteiger partial charge in [-0.1, -0.05) is 18.2 Å². The average molecular weight is 448 g/mol. The van der Waals surface area contributed by atoms with Crippen LogP contribution < -0.4 is 0 Å². The highest BCUT2D eigenvalue weighted by atomic mass is 32.2. The molecule has 0 fully saturated rings. The topological polar surface area (TPSA) is 101 Å². The number of pyridine rings is 1. The van der Waals surface area contributed by atoms with E-state index in [-0.39, 0.29) is 32.3 Å². The molecule has 0 saturated heterocycles. The molecule has 154 valence electrons. The van der Waals surface area contributed by atoms with E-state index in [4.69, 9.17) is 0 Å². The average Bonchev–Trinajstić information content (AvgIpc) is 3.08. The largest absolute Gasteiger partial charge is 0.610 e. The van der Waals surface area contributed by atoms with Crippen molar-refractivity contribution in [3.8, 4) is 11.4 Å². The molecule has 3 aromatic heterocycles. The van der Waals surface area contributed by atoms with Crippen molar-refractivity contribution in [3.05, 3.63) is 66.1 Å². The first-order valence-corrected chi connectivity index (χ1v) is 11.5. The zero-order valence-electron chi connectivity index (χ0n) is 15.7. The van der Waals surface area contributed by atoms with Gasteiger partial charge in [-0.05, 0) is 24.6 Å². The Bertz CT molecular complexity index is 1390. The van der Waals surface area contributed by atoms with Gasteiger partial charge >= 0.3 is 0 Å². The van der Waals surface area contributed by atoms with Crippen LogP contribution in [0.3, 0.4) is 0 Å². The van der Waals surface area contributed by atoms with Crippen molar-refractivity contribution in [2.45, 2.75) is 16.8 Å². The third kappa shape index (κ3) is 3.34. The summed E-state index contributed by atoms with van der Waals surface area (Å²) in [5.74, 6) is -1.66. The van der Waals surface area contributed by atoms with E-state index in [0.29, 0.717) is 5.56 Å². The number of aryl methyl sites for hydroxylation is 1. The Hall–Kier alpha value is -2.89. The van der Waals surface area contributed by atoms with Crippen molar-refractivity contribution in [2.75, 3.05) is 6.26 Å². The number of hydrogen-bond acceptors (Lipinski definition) is 6. The fourth-order valence-corrected chi connectivity index (χ4v) is 5.15. The maximum absolute atomic E-state index is 13.9. The van der Waals surface area contributed by atoms with Crippen molar-refractivity contribution in [3.63, 3.8) is 0 Å². The summed E-state index contributed by atoms with van der Waals surface area (Å²) in [5.41, 5.74) is 0.590. The summed E-state index contributed by atoms with van der Waals surface area (Å²) >= 11 is -1.75. The predicted octanol–water partition coefficient (Wildman–Crippen LogP) is 3.05. The van der Waals surface area contributed by atoms with E-state index in [1.807, 2.05) is 0 Å². The smallest absolute Gasteiger partial charge is 0.284 e. The van der Waals surface area contributed by atoms with Crippen molar-refractivity contribution in [1.29, 1.82) is 0 Å². The Labute approximate surface area is 173 Å². The molecule has 0 aliphatic carbocycles. The van der Waals surface area contributed by atoms with Crippen LogP contribution in [-0.4, -0.2) is 38.2 Å². The molecule has 4 rings (SSSR count). The summed E-state index contributed by atoms with van der Waals surface area (Å²) in [5, 5.41) is -0.223. The third-order valence-electron chi connectivity index (χ3n) is 4.43. The highest BCUT2D eigenvalue weighted by molar-refractivity contribution is 7.90. The van der Waals surface area contributed by atoms with Crippen LogP contribution in [0.15, 0.2) is 58.8 Å². The summed E-state index contributed by atoms with van der Waals surface area (Å²) < 4.78 is 67.1. The van der Waals surface area contributed by atoms with E-state index in [0.717, 1.165) is 22.4 Å². The maximum atomic E-state index is 13.9. The van der Waals surface area contributed by atoms with Crippen molar-refractivity contribution in [2.24, 2.45) is 0 Å². The molecular formula is C19H14F2N4O3S2. The van der Waals surface area contributed by atoms with E-state index >= 15 is 0 Å². The zero-order chi connectivity index (χ0) is 21.6. The first-order valence-electron chi connectivity index (χ1n) is 8.54. The molecule has 0 spiro atoms. The second-order valence-electron chi connectivity index (χ2n) is 6.43. The van der Waals surface area contributed by atoms with E-state index in [1.54, 1.807) is 25.1 Å². The summed E-state index contributed by atoms with van der Waals surface area (Å²) in [4.78, 5) is 11.8. The number of halogens is 2. The molecule has 3 heterocycles. The van der Waals surface area contributed by atoms with Gasteiger partial charge in [0.2, 0.25) is 5.82 Å². The molecule has 7 nitrogen and oxygen atoms in total. The summed E-state index contributed by atoms with van der Waals surface area (Å²) in [6.07, 6.45) is 4.19. The second kappa shape index (κ2) is 7.42. The lowest BCUT2D eigenvalue weighted by atomic mass is 10.2. The molecule has 11 heteroatoms. The van der Waals surface area contributed by atoms with Crippen molar-refractivity contribution < 1.29 is 21.8 Å². The van der Waals surface area contributed by atoms with Gasteiger partial charge in [-0.3, -0.25) is 0 Å². The molecule has 1 aromatic carbocycles. The maximum Gasteiger partial charge on any atom is 0.284 e. The van der Waals surface area contributed by atoms with Crippen LogP contribution in [-0.2, 0) is 21.2 Å². The predicted molar refractivity (Wildman–Crippen MR) is 107 cm³/mol. The van der Waals surface area contributed by atoms with E-state index in [9.17, 15) is 21.8 Å². The van der Waals surface area contributed by atoms with Crippen molar-refractivity contribution >= 4 is 32.2 Å². The fraction of sp³-hybridized carbons (Fsp3) is 0.105. The monoisotopic (exact) mass is 448 g/mol.